The van der Waals surface area contributed by atoms with Crippen LogP contribution >= 0.6 is 0 Å². The molecule has 0 aliphatic heterocycles. The van der Waals surface area contributed by atoms with Crippen molar-refractivity contribution < 1.29 is 19.4 Å². The largest absolute Gasteiger partial charge is 0.496 e. The van der Waals surface area contributed by atoms with E-state index in [0.717, 1.165) is 23.3 Å². The van der Waals surface area contributed by atoms with Crippen molar-refractivity contribution in [2.45, 2.75) is 44.8 Å². The second-order valence-corrected chi connectivity index (χ2v) is 6.35. The first kappa shape index (κ1) is 15.6. The van der Waals surface area contributed by atoms with Crippen LogP contribution in [0.15, 0.2) is 18.2 Å². The predicted molar refractivity (Wildman–Crippen MR) is 79.4 cm³/mol. The fourth-order valence-electron chi connectivity index (χ4n) is 2.77. The van der Waals surface area contributed by atoms with Gasteiger partial charge in [0.1, 0.15) is 11.4 Å². The molecule has 2 N–H and O–H groups in total. The number of hydrogen-bond donors (Lipinski definition) is 2. The van der Waals surface area contributed by atoms with E-state index in [0.29, 0.717) is 6.42 Å². The number of benzene rings is 1. The number of rotatable bonds is 3. The lowest BCUT2D eigenvalue weighted by atomic mass is 9.92. The SMILES string of the molecule is COc1cccc2c1CCC2(CO)NC(=O)OC(C)(C)C. The van der Waals surface area contributed by atoms with Crippen molar-refractivity contribution in [3.05, 3.63) is 29.3 Å². The maximum absolute atomic E-state index is 12.1. The summed E-state index contributed by atoms with van der Waals surface area (Å²) in [5.74, 6) is 0.786. The molecule has 1 aliphatic carbocycles. The van der Waals surface area contributed by atoms with Crippen molar-refractivity contribution in [3.8, 4) is 5.75 Å². The Balaban J connectivity index is 2.28. The van der Waals surface area contributed by atoms with Crippen molar-refractivity contribution in [1.29, 1.82) is 0 Å². The summed E-state index contributed by atoms with van der Waals surface area (Å²) in [5, 5.41) is 12.7. The van der Waals surface area contributed by atoms with Crippen LogP contribution in [0.3, 0.4) is 0 Å². The van der Waals surface area contributed by atoms with Crippen LogP contribution in [0.1, 0.15) is 38.3 Å². The third-order valence-corrected chi connectivity index (χ3v) is 3.68. The van der Waals surface area contributed by atoms with Gasteiger partial charge in [-0.3, -0.25) is 0 Å². The number of carbonyl (C=O) groups is 1. The summed E-state index contributed by atoms with van der Waals surface area (Å²) in [7, 11) is 1.62. The quantitative estimate of drug-likeness (QED) is 0.897. The Morgan fingerprint density at radius 1 is 1.43 bits per heavy atom. The molecule has 0 aromatic heterocycles. The number of methoxy groups -OCH3 is 1. The zero-order valence-electron chi connectivity index (χ0n) is 13.0. The van der Waals surface area contributed by atoms with Crippen LogP contribution in [0, 0.1) is 0 Å². The lowest BCUT2D eigenvalue weighted by Gasteiger charge is -2.31. The van der Waals surface area contributed by atoms with Crippen LogP contribution in [0.25, 0.3) is 0 Å². The average molecular weight is 293 g/mol. The maximum atomic E-state index is 12.1. The van der Waals surface area contributed by atoms with Crippen molar-refractivity contribution in [2.75, 3.05) is 13.7 Å². The number of aliphatic hydroxyl groups is 1. The number of nitrogens with one attached hydrogen (secondary N) is 1. The first-order valence-electron chi connectivity index (χ1n) is 7.10. The molecule has 1 aromatic rings. The smallest absolute Gasteiger partial charge is 0.408 e. The van der Waals surface area contributed by atoms with Gasteiger partial charge in [0.15, 0.2) is 0 Å². The summed E-state index contributed by atoms with van der Waals surface area (Å²) in [6, 6.07) is 5.67. The summed E-state index contributed by atoms with van der Waals surface area (Å²) in [5.41, 5.74) is 0.559. The molecule has 1 aromatic carbocycles. The molecule has 5 heteroatoms. The molecule has 0 heterocycles. The third-order valence-electron chi connectivity index (χ3n) is 3.68. The van der Waals surface area contributed by atoms with Crippen LogP contribution < -0.4 is 10.1 Å². The zero-order chi connectivity index (χ0) is 15.7. The molecule has 0 fully saturated rings. The number of ether oxygens (including phenoxy) is 2. The van der Waals surface area contributed by atoms with E-state index in [1.807, 2.05) is 39.0 Å². The number of carbonyl (C=O) groups excluding carboxylic acids is 1. The molecule has 21 heavy (non-hydrogen) atoms. The Morgan fingerprint density at radius 2 is 2.14 bits per heavy atom. The second kappa shape index (κ2) is 5.56. The van der Waals surface area contributed by atoms with E-state index < -0.39 is 17.2 Å². The van der Waals surface area contributed by atoms with Gasteiger partial charge in [-0.05, 0) is 50.8 Å². The first-order valence-corrected chi connectivity index (χ1v) is 7.10. The second-order valence-electron chi connectivity index (χ2n) is 6.35. The van der Waals surface area contributed by atoms with Crippen LogP contribution in [0.5, 0.6) is 5.75 Å². The molecule has 5 nitrogen and oxygen atoms in total. The molecule has 1 aliphatic rings. The number of fused-ring (bicyclic) bond motifs is 1. The van der Waals surface area contributed by atoms with E-state index >= 15 is 0 Å². The summed E-state index contributed by atoms with van der Waals surface area (Å²) < 4.78 is 10.7. The third kappa shape index (κ3) is 3.13. The number of hydrogen-bond acceptors (Lipinski definition) is 4. The van der Waals surface area contributed by atoms with Gasteiger partial charge in [0.25, 0.3) is 0 Å². The minimum absolute atomic E-state index is 0.174. The van der Waals surface area contributed by atoms with E-state index in [1.165, 1.54) is 0 Å². The molecular weight excluding hydrogens is 270 g/mol. The summed E-state index contributed by atoms with van der Waals surface area (Å²) in [6.07, 6.45) is 0.848. The van der Waals surface area contributed by atoms with Crippen molar-refractivity contribution in [2.24, 2.45) is 0 Å². The highest BCUT2D eigenvalue weighted by Crippen LogP contribution is 2.41. The van der Waals surface area contributed by atoms with Gasteiger partial charge in [0, 0.05) is 0 Å². The van der Waals surface area contributed by atoms with E-state index in [1.54, 1.807) is 7.11 Å². The van der Waals surface area contributed by atoms with Gasteiger partial charge in [-0.15, -0.1) is 0 Å². The minimum Gasteiger partial charge on any atom is -0.496 e. The molecule has 0 saturated heterocycles. The van der Waals surface area contributed by atoms with Gasteiger partial charge in [-0.1, -0.05) is 12.1 Å². The van der Waals surface area contributed by atoms with Crippen LogP contribution in [-0.2, 0) is 16.7 Å². The van der Waals surface area contributed by atoms with Gasteiger partial charge in [0.05, 0.1) is 19.3 Å². The number of amides is 1. The van der Waals surface area contributed by atoms with Gasteiger partial charge in [-0.2, -0.15) is 0 Å². The Morgan fingerprint density at radius 3 is 2.71 bits per heavy atom. The predicted octanol–water partition coefficient (Wildman–Crippen LogP) is 2.35. The standard InChI is InChI=1S/C16H23NO4/c1-15(2,3)21-14(19)17-16(10-18)9-8-11-12(16)6-5-7-13(11)20-4/h5-7,18H,8-10H2,1-4H3,(H,17,19). The van der Waals surface area contributed by atoms with Gasteiger partial charge in [0.2, 0.25) is 0 Å². The van der Waals surface area contributed by atoms with E-state index in [-0.39, 0.29) is 6.61 Å². The molecule has 0 saturated carbocycles. The number of alkyl carbamates (subject to hydrolysis) is 1. The Hall–Kier alpha value is -1.75. The summed E-state index contributed by atoms with van der Waals surface area (Å²) in [4.78, 5) is 12.1. The van der Waals surface area contributed by atoms with Crippen molar-refractivity contribution in [3.63, 3.8) is 0 Å². The first-order chi connectivity index (χ1) is 9.81. The average Bonchev–Trinajstić information content (AvgIpc) is 2.76. The van der Waals surface area contributed by atoms with Crippen molar-refractivity contribution >= 4 is 6.09 Å². The van der Waals surface area contributed by atoms with Crippen LogP contribution in [-0.4, -0.2) is 30.5 Å². The lowest BCUT2D eigenvalue weighted by molar-refractivity contribution is 0.0393. The highest BCUT2D eigenvalue weighted by atomic mass is 16.6. The molecule has 0 bridgehead atoms. The van der Waals surface area contributed by atoms with Crippen LogP contribution in [0.2, 0.25) is 0 Å². The van der Waals surface area contributed by atoms with Gasteiger partial charge in [-0.25, -0.2) is 4.79 Å². The molecule has 2 rings (SSSR count). The fraction of sp³-hybridized carbons (Fsp3) is 0.562. The minimum atomic E-state index is -0.799. The normalized spacial score (nSPS) is 20.8. The molecular formula is C16H23NO4. The Labute approximate surface area is 125 Å². The van der Waals surface area contributed by atoms with E-state index in [4.69, 9.17) is 9.47 Å². The number of aliphatic hydroxyl groups excluding tert-OH is 1. The van der Waals surface area contributed by atoms with Gasteiger partial charge < -0.3 is 19.9 Å². The Bertz CT molecular complexity index is 536. The highest BCUT2D eigenvalue weighted by molar-refractivity contribution is 5.70. The molecule has 0 spiro atoms. The van der Waals surface area contributed by atoms with E-state index in [9.17, 15) is 9.90 Å². The van der Waals surface area contributed by atoms with Gasteiger partial charge >= 0.3 is 6.09 Å². The Kier molecular flexibility index (Phi) is 4.14. The van der Waals surface area contributed by atoms with Crippen LogP contribution in [0.4, 0.5) is 4.79 Å². The topological polar surface area (TPSA) is 67.8 Å². The highest BCUT2D eigenvalue weighted by Gasteiger charge is 2.41. The van der Waals surface area contributed by atoms with E-state index in [2.05, 4.69) is 5.32 Å². The monoisotopic (exact) mass is 293 g/mol. The maximum Gasteiger partial charge on any atom is 0.408 e. The molecule has 1 atom stereocenters. The molecule has 0 radical (unpaired) electrons. The summed E-state index contributed by atoms with van der Waals surface area (Å²) in [6.45, 7) is 5.25. The lowest BCUT2D eigenvalue weighted by Crippen LogP contribution is -2.48. The molecule has 116 valence electrons. The van der Waals surface area contributed by atoms with Crippen molar-refractivity contribution in [1.82, 2.24) is 5.32 Å². The fourth-order valence-corrected chi connectivity index (χ4v) is 2.77. The molecule has 1 amide bonds. The molecule has 1 unspecified atom stereocenters. The zero-order valence-corrected chi connectivity index (χ0v) is 13.0. The summed E-state index contributed by atoms with van der Waals surface area (Å²) >= 11 is 0.